The lowest BCUT2D eigenvalue weighted by atomic mass is 9.97. The fourth-order valence-electron chi connectivity index (χ4n) is 3.66. The molecule has 2 aromatic rings. The Morgan fingerprint density at radius 1 is 1.07 bits per heavy atom. The molecule has 3 heterocycles. The van der Waals surface area contributed by atoms with Gasteiger partial charge < -0.3 is 10.2 Å². The van der Waals surface area contributed by atoms with E-state index in [-0.39, 0.29) is 12.5 Å². The van der Waals surface area contributed by atoms with E-state index in [1.165, 1.54) is 0 Å². The maximum atomic E-state index is 12.3. The lowest BCUT2D eigenvalue weighted by Gasteiger charge is -2.32. The summed E-state index contributed by atoms with van der Waals surface area (Å²) in [5.74, 6) is 0.0987. The van der Waals surface area contributed by atoms with Crippen molar-refractivity contribution in [1.82, 2.24) is 20.2 Å². The van der Waals surface area contributed by atoms with Gasteiger partial charge in [0.05, 0.1) is 17.3 Å². The zero-order valence-electron chi connectivity index (χ0n) is 15.4. The summed E-state index contributed by atoms with van der Waals surface area (Å²) in [6, 6.07) is 6.64. The summed E-state index contributed by atoms with van der Waals surface area (Å²) in [5.41, 5.74) is 0.716. The second-order valence-corrected chi connectivity index (χ2v) is 7.04. The Balaban J connectivity index is 1.25. The van der Waals surface area contributed by atoms with Crippen LogP contribution in [0.1, 0.15) is 33.6 Å². The van der Waals surface area contributed by atoms with Crippen molar-refractivity contribution in [1.29, 1.82) is 0 Å². The average Bonchev–Trinajstić information content (AvgIpc) is 2.98. The molecule has 0 bridgehead atoms. The van der Waals surface area contributed by atoms with E-state index in [0.717, 1.165) is 36.6 Å². The molecule has 1 N–H and O–H groups in total. The number of hydrogen-bond donors (Lipinski definition) is 1. The molecule has 144 valence electrons. The summed E-state index contributed by atoms with van der Waals surface area (Å²) in [6.07, 6.45) is 6.96. The minimum absolute atomic E-state index is 0.245. The molecular weight excluding hydrogens is 358 g/mol. The van der Waals surface area contributed by atoms with Crippen molar-refractivity contribution < 1.29 is 14.4 Å². The van der Waals surface area contributed by atoms with Crippen molar-refractivity contribution in [2.75, 3.05) is 31.1 Å². The van der Waals surface area contributed by atoms with E-state index in [0.29, 0.717) is 23.6 Å². The number of carbonyl (C=O) groups excluding carboxylic acids is 3. The number of nitrogens with one attached hydrogen (secondary N) is 1. The standard InChI is InChI=1S/C20H21N5O3/c26-18(13-25-19(27)15-3-1-2-4-16(15)20(25)28)23-11-14-5-9-24(10-6-14)17-12-21-7-8-22-17/h1-4,7-8,12,14H,5-6,9-11,13H2,(H,23,26). The maximum Gasteiger partial charge on any atom is 0.262 e. The molecule has 8 nitrogen and oxygen atoms in total. The minimum atomic E-state index is -0.409. The predicted octanol–water partition coefficient (Wildman–Crippen LogP) is 1.11. The van der Waals surface area contributed by atoms with Gasteiger partial charge in [-0.25, -0.2) is 4.98 Å². The highest BCUT2D eigenvalue weighted by atomic mass is 16.2. The smallest absolute Gasteiger partial charge is 0.262 e. The van der Waals surface area contributed by atoms with Crippen LogP contribution in [0.4, 0.5) is 5.82 Å². The van der Waals surface area contributed by atoms with E-state index in [4.69, 9.17) is 0 Å². The summed E-state index contributed by atoms with van der Waals surface area (Å²) in [4.78, 5) is 48.5. The number of carbonyl (C=O) groups is 3. The third-order valence-electron chi connectivity index (χ3n) is 5.26. The van der Waals surface area contributed by atoms with Crippen LogP contribution >= 0.6 is 0 Å². The molecule has 2 aliphatic rings. The summed E-state index contributed by atoms with van der Waals surface area (Å²) in [5, 5.41) is 2.87. The Morgan fingerprint density at radius 2 is 1.75 bits per heavy atom. The Hall–Kier alpha value is -3.29. The average molecular weight is 379 g/mol. The molecule has 1 aromatic heterocycles. The first-order chi connectivity index (χ1) is 13.6. The second-order valence-electron chi connectivity index (χ2n) is 7.04. The Morgan fingerprint density at radius 3 is 2.36 bits per heavy atom. The van der Waals surface area contributed by atoms with Gasteiger partial charge >= 0.3 is 0 Å². The Labute approximate surface area is 162 Å². The topological polar surface area (TPSA) is 95.5 Å². The van der Waals surface area contributed by atoms with Crippen molar-refractivity contribution in [2.45, 2.75) is 12.8 Å². The highest BCUT2D eigenvalue weighted by molar-refractivity contribution is 6.22. The monoisotopic (exact) mass is 379 g/mol. The van der Waals surface area contributed by atoms with Crippen LogP contribution in [0.2, 0.25) is 0 Å². The first-order valence-corrected chi connectivity index (χ1v) is 9.36. The van der Waals surface area contributed by atoms with Crippen LogP contribution in [0.25, 0.3) is 0 Å². The Bertz CT molecular complexity index is 859. The Kier molecular flexibility index (Phi) is 5.01. The zero-order valence-corrected chi connectivity index (χ0v) is 15.4. The molecular formula is C20H21N5O3. The van der Waals surface area contributed by atoms with Crippen molar-refractivity contribution in [3.8, 4) is 0 Å². The van der Waals surface area contributed by atoms with Gasteiger partial charge in [-0.3, -0.25) is 24.3 Å². The minimum Gasteiger partial charge on any atom is -0.355 e. The van der Waals surface area contributed by atoms with E-state index in [1.807, 2.05) is 0 Å². The largest absolute Gasteiger partial charge is 0.355 e. The first-order valence-electron chi connectivity index (χ1n) is 9.36. The van der Waals surface area contributed by atoms with E-state index in [2.05, 4.69) is 20.2 Å². The van der Waals surface area contributed by atoms with Crippen LogP contribution in [0, 0.1) is 5.92 Å². The van der Waals surface area contributed by atoms with Gasteiger partial charge in [-0.05, 0) is 30.9 Å². The van der Waals surface area contributed by atoms with Crippen molar-refractivity contribution >= 4 is 23.5 Å². The normalized spacial score (nSPS) is 17.0. The number of imide groups is 1. The van der Waals surface area contributed by atoms with Gasteiger partial charge in [0.2, 0.25) is 5.91 Å². The van der Waals surface area contributed by atoms with Gasteiger partial charge in [0.25, 0.3) is 11.8 Å². The summed E-state index contributed by atoms with van der Waals surface area (Å²) in [6.45, 7) is 2.01. The molecule has 1 aromatic carbocycles. The molecule has 1 saturated heterocycles. The fraction of sp³-hybridized carbons (Fsp3) is 0.350. The molecule has 0 aliphatic carbocycles. The zero-order chi connectivity index (χ0) is 19.5. The van der Waals surface area contributed by atoms with E-state index >= 15 is 0 Å². The quantitative estimate of drug-likeness (QED) is 0.782. The molecule has 0 spiro atoms. The summed E-state index contributed by atoms with van der Waals surface area (Å²) in [7, 11) is 0. The molecule has 0 radical (unpaired) electrons. The molecule has 4 rings (SSSR count). The van der Waals surface area contributed by atoms with Gasteiger partial charge in [0.1, 0.15) is 12.4 Å². The summed E-state index contributed by atoms with van der Waals surface area (Å²) >= 11 is 0. The molecule has 28 heavy (non-hydrogen) atoms. The molecule has 0 saturated carbocycles. The van der Waals surface area contributed by atoms with Crippen molar-refractivity contribution in [3.05, 3.63) is 54.0 Å². The molecule has 0 unspecified atom stereocenters. The fourth-order valence-corrected chi connectivity index (χ4v) is 3.66. The number of benzene rings is 1. The number of piperidine rings is 1. The number of fused-ring (bicyclic) bond motifs is 1. The van der Waals surface area contributed by atoms with Crippen molar-refractivity contribution in [2.24, 2.45) is 5.92 Å². The predicted molar refractivity (Wildman–Crippen MR) is 102 cm³/mol. The summed E-state index contributed by atoms with van der Waals surface area (Å²) < 4.78 is 0. The second kappa shape index (κ2) is 7.75. The molecule has 0 atom stereocenters. The van der Waals surface area contributed by atoms with Gasteiger partial charge in [-0.15, -0.1) is 0 Å². The highest BCUT2D eigenvalue weighted by Gasteiger charge is 2.36. The molecule has 3 amide bonds. The molecule has 8 heteroatoms. The maximum absolute atomic E-state index is 12.3. The molecule has 2 aliphatic heterocycles. The van der Waals surface area contributed by atoms with Gasteiger partial charge in [-0.1, -0.05) is 12.1 Å². The first kappa shape index (κ1) is 18.1. The lowest BCUT2D eigenvalue weighted by molar-refractivity contribution is -0.121. The number of anilines is 1. The van der Waals surface area contributed by atoms with Crippen LogP contribution in [0.3, 0.4) is 0 Å². The van der Waals surface area contributed by atoms with Crippen LogP contribution in [0.15, 0.2) is 42.9 Å². The SMILES string of the molecule is O=C(CN1C(=O)c2ccccc2C1=O)NCC1CCN(c2cnccn2)CC1. The van der Waals surface area contributed by atoms with Crippen LogP contribution in [-0.4, -0.2) is 58.8 Å². The number of nitrogens with zero attached hydrogens (tertiary/aromatic N) is 4. The van der Waals surface area contributed by atoms with E-state index < -0.39 is 11.8 Å². The molecule has 1 fully saturated rings. The van der Waals surface area contributed by atoms with Gasteiger partial charge in [0, 0.05) is 32.0 Å². The van der Waals surface area contributed by atoms with E-state index in [1.54, 1.807) is 42.9 Å². The number of hydrogen-bond acceptors (Lipinski definition) is 6. The van der Waals surface area contributed by atoms with Gasteiger partial charge in [0.15, 0.2) is 0 Å². The van der Waals surface area contributed by atoms with Gasteiger partial charge in [-0.2, -0.15) is 0 Å². The van der Waals surface area contributed by atoms with E-state index in [9.17, 15) is 14.4 Å². The van der Waals surface area contributed by atoms with Crippen molar-refractivity contribution in [3.63, 3.8) is 0 Å². The lowest BCUT2D eigenvalue weighted by Crippen LogP contribution is -2.43. The third-order valence-corrected chi connectivity index (χ3v) is 5.26. The third kappa shape index (κ3) is 3.58. The van der Waals surface area contributed by atoms with Crippen LogP contribution < -0.4 is 10.2 Å². The number of aromatic nitrogens is 2. The highest BCUT2D eigenvalue weighted by Crippen LogP contribution is 2.22. The van der Waals surface area contributed by atoms with Crippen LogP contribution in [-0.2, 0) is 4.79 Å². The number of rotatable bonds is 5. The van der Waals surface area contributed by atoms with Crippen LogP contribution in [0.5, 0.6) is 0 Å². The number of amides is 3.